The number of fused-ring (bicyclic) bond motifs is 1. The summed E-state index contributed by atoms with van der Waals surface area (Å²) in [6.07, 6.45) is 0.876. The largest absolute Gasteiger partial charge is 0.468 e. The number of hydrazine groups is 1. The molecule has 2 atom stereocenters. The molecule has 1 aliphatic carbocycles. The normalized spacial score (nSPS) is 20.9. The zero-order valence-corrected chi connectivity index (χ0v) is 21.3. The summed E-state index contributed by atoms with van der Waals surface area (Å²) in [4.78, 5) is 52.4. The Kier molecular flexibility index (Phi) is 7.35. The predicted molar refractivity (Wildman–Crippen MR) is 127 cm³/mol. The van der Waals surface area contributed by atoms with Gasteiger partial charge < -0.3 is 19.5 Å². The maximum absolute atomic E-state index is 13.6. The fraction of sp³-hybridized carbons (Fsp3) is 0.500. The van der Waals surface area contributed by atoms with Crippen molar-refractivity contribution in [1.29, 1.82) is 0 Å². The first kappa shape index (κ1) is 26.3. The standard InChI is InChI=1S/C24H30ClN3O7/c1-14-11-15-12-24(19(29)33-5,20(30)34-6)13-18(15)28(27(14)22(32)35-23(2,3)4)21(31)26-17-9-7-16(25)8-10-17/h7-11,14,18H,12-13H2,1-6H3,(H,26,31)/t14-,18+/m1/s1. The topological polar surface area (TPSA) is 114 Å². The molecule has 1 N–H and O–H groups in total. The van der Waals surface area contributed by atoms with E-state index >= 15 is 0 Å². The van der Waals surface area contributed by atoms with Crippen molar-refractivity contribution in [3.8, 4) is 0 Å². The Labute approximate surface area is 209 Å². The molecule has 0 bridgehead atoms. The van der Waals surface area contributed by atoms with Crippen LogP contribution in [-0.2, 0) is 23.8 Å². The lowest BCUT2D eigenvalue weighted by Crippen LogP contribution is -2.61. The number of hydrogen-bond donors (Lipinski definition) is 1. The van der Waals surface area contributed by atoms with Crippen LogP contribution in [0.2, 0.25) is 5.02 Å². The van der Waals surface area contributed by atoms with Crippen LogP contribution < -0.4 is 5.32 Å². The molecular formula is C24H30ClN3O7. The number of urea groups is 1. The van der Waals surface area contributed by atoms with Crippen LogP contribution in [-0.4, -0.2) is 66.0 Å². The highest BCUT2D eigenvalue weighted by atomic mass is 35.5. The van der Waals surface area contributed by atoms with Gasteiger partial charge in [-0.25, -0.2) is 19.6 Å². The minimum absolute atomic E-state index is 0.00572. The second-order valence-electron chi connectivity index (χ2n) is 9.55. The van der Waals surface area contributed by atoms with Crippen molar-refractivity contribution in [2.75, 3.05) is 19.5 Å². The smallest absolute Gasteiger partial charge is 0.430 e. The molecule has 0 saturated heterocycles. The lowest BCUT2D eigenvalue weighted by molar-refractivity contribution is -0.169. The molecule has 0 spiro atoms. The molecule has 3 rings (SSSR count). The number of halogens is 1. The lowest BCUT2D eigenvalue weighted by atomic mass is 9.85. The Balaban J connectivity index is 2.05. The Hall–Kier alpha value is -3.27. The van der Waals surface area contributed by atoms with Crippen molar-refractivity contribution in [2.24, 2.45) is 5.41 Å². The van der Waals surface area contributed by atoms with Crippen molar-refractivity contribution in [2.45, 2.75) is 58.2 Å². The number of benzene rings is 1. The van der Waals surface area contributed by atoms with Crippen molar-refractivity contribution >= 4 is 41.4 Å². The Morgan fingerprint density at radius 2 is 1.60 bits per heavy atom. The molecule has 1 fully saturated rings. The number of esters is 2. The van der Waals surface area contributed by atoms with Gasteiger partial charge in [0.2, 0.25) is 0 Å². The quantitative estimate of drug-likeness (QED) is 0.283. The van der Waals surface area contributed by atoms with E-state index < -0.39 is 47.2 Å². The van der Waals surface area contributed by atoms with Gasteiger partial charge in [0, 0.05) is 17.1 Å². The number of anilines is 1. The summed E-state index contributed by atoms with van der Waals surface area (Å²) >= 11 is 5.95. The van der Waals surface area contributed by atoms with Gasteiger partial charge in [0.25, 0.3) is 0 Å². The van der Waals surface area contributed by atoms with Gasteiger partial charge >= 0.3 is 24.1 Å². The van der Waals surface area contributed by atoms with Gasteiger partial charge in [0.1, 0.15) is 5.60 Å². The Morgan fingerprint density at radius 3 is 2.11 bits per heavy atom. The van der Waals surface area contributed by atoms with Crippen LogP contribution in [0.4, 0.5) is 15.3 Å². The first-order chi connectivity index (χ1) is 16.3. The third-order valence-corrected chi connectivity index (χ3v) is 6.13. The second-order valence-corrected chi connectivity index (χ2v) is 9.99. The fourth-order valence-corrected chi connectivity index (χ4v) is 4.57. The minimum atomic E-state index is -1.65. The zero-order valence-electron chi connectivity index (χ0n) is 20.6. The number of ether oxygens (including phenoxy) is 3. The minimum Gasteiger partial charge on any atom is -0.468 e. The van der Waals surface area contributed by atoms with E-state index in [-0.39, 0.29) is 12.8 Å². The first-order valence-electron chi connectivity index (χ1n) is 11.1. The second kappa shape index (κ2) is 9.77. The Morgan fingerprint density at radius 1 is 1.03 bits per heavy atom. The number of hydrogen-bond acceptors (Lipinski definition) is 7. The zero-order chi connectivity index (χ0) is 26.1. The fourth-order valence-electron chi connectivity index (χ4n) is 4.44. The maximum atomic E-state index is 13.6. The molecule has 1 saturated carbocycles. The van der Waals surface area contributed by atoms with Crippen molar-refractivity contribution in [3.63, 3.8) is 0 Å². The van der Waals surface area contributed by atoms with E-state index in [4.69, 9.17) is 25.8 Å². The molecule has 11 heteroatoms. The van der Waals surface area contributed by atoms with E-state index in [1.165, 1.54) is 24.2 Å². The van der Waals surface area contributed by atoms with Crippen LogP contribution in [0.15, 0.2) is 35.9 Å². The van der Waals surface area contributed by atoms with E-state index in [0.717, 1.165) is 0 Å². The molecule has 0 aromatic heterocycles. The molecule has 1 aromatic carbocycles. The number of nitrogens with one attached hydrogen (secondary N) is 1. The van der Waals surface area contributed by atoms with Crippen molar-refractivity contribution < 1.29 is 33.4 Å². The molecule has 190 valence electrons. The summed E-state index contributed by atoms with van der Waals surface area (Å²) in [5.41, 5.74) is -1.39. The average Bonchev–Trinajstić information content (AvgIpc) is 3.17. The molecule has 35 heavy (non-hydrogen) atoms. The monoisotopic (exact) mass is 507 g/mol. The van der Waals surface area contributed by atoms with Crippen LogP contribution in [0.5, 0.6) is 0 Å². The highest BCUT2D eigenvalue weighted by molar-refractivity contribution is 6.30. The summed E-state index contributed by atoms with van der Waals surface area (Å²) < 4.78 is 15.4. The highest BCUT2D eigenvalue weighted by Gasteiger charge is 2.60. The summed E-state index contributed by atoms with van der Waals surface area (Å²) in [5.74, 6) is -1.54. The summed E-state index contributed by atoms with van der Waals surface area (Å²) in [5, 5.41) is 5.64. The number of methoxy groups -OCH3 is 2. The molecule has 2 aliphatic rings. The highest BCUT2D eigenvalue weighted by Crippen LogP contribution is 2.48. The number of rotatable bonds is 3. The first-order valence-corrected chi connectivity index (χ1v) is 11.5. The van der Waals surface area contributed by atoms with Crippen LogP contribution in [0, 0.1) is 5.41 Å². The third-order valence-electron chi connectivity index (χ3n) is 5.88. The van der Waals surface area contributed by atoms with Gasteiger partial charge in [0.05, 0.1) is 26.3 Å². The molecule has 1 aliphatic heterocycles. The number of nitrogens with zero attached hydrogens (tertiary/aromatic N) is 2. The van der Waals surface area contributed by atoms with E-state index in [1.54, 1.807) is 58.0 Å². The van der Waals surface area contributed by atoms with E-state index in [2.05, 4.69) is 5.32 Å². The van der Waals surface area contributed by atoms with Gasteiger partial charge in [-0.05, 0) is 64.0 Å². The van der Waals surface area contributed by atoms with Crippen LogP contribution >= 0.6 is 11.6 Å². The van der Waals surface area contributed by atoms with Gasteiger partial charge in [-0.1, -0.05) is 17.7 Å². The summed E-state index contributed by atoms with van der Waals surface area (Å²) in [6.45, 7) is 6.86. The summed E-state index contributed by atoms with van der Waals surface area (Å²) in [7, 11) is 2.37. The third kappa shape index (κ3) is 5.22. The molecule has 0 unspecified atom stereocenters. The molecule has 0 radical (unpaired) electrons. The van der Waals surface area contributed by atoms with Gasteiger partial charge in [-0.3, -0.25) is 9.59 Å². The molecule has 1 heterocycles. The van der Waals surface area contributed by atoms with E-state index in [9.17, 15) is 19.2 Å². The Bertz CT molecular complexity index is 1030. The van der Waals surface area contributed by atoms with Gasteiger partial charge in [0.15, 0.2) is 5.41 Å². The van der Waals surface area contributed by atoms with Gasteiger partial charge in [-0.15, -0.1) is 0 Å². The van der Waals surface area contributed by atoms with E-state index in [1.807, 2.05) is 0 Å². The van der Waals surface area contributed by atoms with Gasteiger partial charge in [-0.2, -0.15) is 0 Å². The molecule has 1 aromatic rings. The number of amides is 3. The van der Waals surface area contributed by atoms with Crippen LogP contribution in [0.3, 0.4) is 0 Å². The summed E-state index contributed by atoms with van der Waals surface area (Å²) in [6, 6.07) is 4.39. The van der Waals surface area contributed by atoms with Crippen LogP contribution in [0.25, 0.3) is 0 Å². The lowest BCUT2D eigenvalue weighted by Gasteiger charge is -2.45. The average molecular weight is 508 g/mol. The predicted octanol–water partition coefficient (Wildman–Crippen LogP) is 4.15. The molecular weight excluding hydrogens is 478 g/mol. The van der Waals surface area contributed by atoms with Crippen molar-refractivity contribution in [1.82, 2.24) is 10.0 Å². The SMILES string of the molecule is COC(=O)C1(C(=O)OC)CC2=C[C@@H](C)N(C(=O)OC(C)(C)C)N(C(=O)Nc3ccc(Cl)cc3)[C@H]2C1. The number of carbonyl (C=O) groups is 4. The van der Waals surface area contributed by atoms with E-state index in [0.29, 0.717) is 16.3 Å². The molecule has 10 nitrogen and oxygen atoms in total. The van der Waals surface area contributed by atoms with Crippen molar-refractivity contribution in [3.05, 3.63) is 40.9 Å². The number of carbonyl (C=O) groups excluding carboxylic acids is 4. The van der Waals surface area contributed by atoms with Crippen LogP contribution in [0.1, 0.15) is 40.5 Å². The maximum Gasteiger partial charge on any atom is 0.430 e. The molecule has 3 amide bonds.